The summed E-state index contributed by atoms with van der Waals surface area (Å²) in [5.41, 5.74) is 2.84. The third kappa shape index (κ3) is 2.90. The highest BCUT2D eigenvalue weighted by molar-refractivity contribution is 5.98. The van der Waals surface area contributed by atoms with Crippen LogP contribution >= 0.6 is 0 Å². The molecule has 2 aromatic carbocycles. The summed E-state index contributed by atoms with van der Waals surface area (Å²) >= 11 is 0. The van der Waals surface area contributed by atoms with Crippen molar-refractivity contribution in [2.45, 2.75) is 27.2 Å². The van der Waals surface area contributed by atoms with Gasteiger partial charge in [-0.15, -0.1) is 0 Å². The molecule has 0 saturated carbocycles. The van der Waals surface area contributed by atoms with Gasteiger partial charge >= 0.3 is 5.97 Å². The average Bonchev–Trinajstić information content (AvgIpc) is 2.48. The first-order valence-corrected chi connectivity index (χ1v) is 7.03. The third-order valence-corrected chi connectivity index (χ3v) is 3.49. The Bertz CT molecular complexity index is 653. The van der Waals surface area contributed by atoms with Crippen LogP contribution in [0.25, 0.3) is 16.3 Å². The van der Waals surface area contributed by atoms with Crippen LogP contribution < -0.4 is 0 Å². The lowest BCUT2D eigenvalue weighted by Crippen LogP contribution is -2.07. The summed E-state index contributed by atoms with van der Waals surface area (Å²) in [5.74, 6) is -0.225. The summed E-state index contributed by atoms with van der Waals surface area (Å²) in [6, 6.07) is 14.5. The predicted octanol–water partition coefficient (Wildman–Crippen LogP) is 4.59. The summed E-state index contributed by atoms with van der Waals surface area (Å²) in [7, 11) is 0. The Morgan fingerprint density at radius 1 is 1.05 bits per heavy atom. The number of carbonyl (C=O) groups is 1. The molecule has 0 heterocycles. The standard InChI is InChI=1S/C18H20O2/c1-4-17(13(3)18(19)20-5-2)16-11-10-14-8-6-7-9-15(14)12-16/h6-12H,4-5H2,1-3H3. The number of hydrogen-bond donors (Lipinski definition) is 0. The van der Waals surface area contributed by atoms with E-state index in [0.717, 1.165) is 17.6 Å². The number of esters is 1. The van der Waals surface area contributed by atoms with Crippen LogP contribution in [0.15, 0.2) is 48.0 Å². The minimum Gasteiger partial charge on any atom is -0.463 e. The molecule has 0 aliphatic carbocycles. The highest BCUT2D eigenvalue weighted by Crippen LogP contribution is 2.26. The topological polar surface area (TPSA) is 26.3 Å². The minimum atomic E-state index is -0.225. The average molecular weight is 268 g/mol. The van der Waals surface area contributed by atoms with E-state index in [9.17, 15) is 4.79 Å². The number of ether oxygens (including phenoxy) is 1. The molecule has 0 unspecified atom stereocenters. The monoisotopic (exact) mass is 268 g/mol. The fourth-order valence-corrected chi connectivity index (χ4v) is 2.43. The first-order valence-electron chi connectivity index (χ1n) is 7.03. The molecule has 0 aromatic heterocycles. The lowest BCUT2D eigenvalue weighted by molar-refractivity contribution is -0.138. The maximum absolute atomic E-state index is 11.9. The highest BCUT2D eigenvalue weighted by Gasteiger charge is 2.12. The SMILES string of the molecule is CCOC(=O)C(C)=C(CC)c1ccc2ccccc2c1. The molecule has 104 valence electrons. The molecule has 0 spiro atoms. The van der Waals surface area contributed by atoms with Crippen molar-refractivity contribution in [3.63, 3.8) is 0 Å². The van der Waals surface area contributed by atoms with Crippen molar-refractivity contribution in [3.05, 3.63) is 53.6 Å². The second kappa shape index (κ2) is 6.38. The van der Waals surface area contributed by atoms with E-state index >= 15 is 0 Å². The molecule has 0 aliphatic rings. The summed E-state index contributed by atoms with van der Waals surface area (Å²) in [4.78, 5) is 11.9. The molecule has 0 aliphatic heterocycles. The van der Waals surface area contributed by atoms with Crippen LogP contribution in [0.4, 0.5) is 0 Å². The normalized spacial score (nSPS) is 12.2. The van der Waals surface area contributed by atoms with Crippen molar-refractivity contribution in [1.29, 1.82) is 0 Å². The van der Waals surface area contributed by atoms with Crippen molar-refractivity contribution in [2.24, 2.45) is 0 Å². The van der Waals surface area contributed by atoms with E-state index in [-0.39, 0.29) is 5.97 Å². The quantitative estimate of drug-likeness (QED) is 0.599. The Morgan fingerprint density at radius 3 is 2.40 bits per heavy atom. The summed E-state index contributed by atoms with van der Waals surface area (Å²) < 4.78 is 5.10. The molecule has 0 N–H and O–H groups in total. The van der Waals surface area contributed by atoms with E-state index in [0.29, 0.717) is 12.2 Å². The third-order valence-electron chi connectivity index (χ3n) is 3.49. The minimum absolute atomic E-state index is 0.225. The van der Waals surface area contributed by atoms with Crippen LogP contribution in [0.2, 0.25) is 0 Å². The highest BCUT2D eigenvalue weighted by atomic mass is 16.5. The van der Waals surface area contributed by atoms with Gasteiger partial charge in [-0.1, -0.05) is 43.3 Å². The van der Waals surface area contributed by atoms with E-state index in [1.54, 1.807) is 0 Å². The van der Waals surface area contributed by atoms with Gasteiger partial charge in [0.1, 0.15) is 0 Å². The van der Waals surface area contributed by atoms with Gasteiger partial charge in [-0.3, -0.25) is 0 Å². The van der Waals surface area contributed by atoms with Gasteiger partial charge in [0.2, 0.25) is 0 Å². The molecule has 20 heavy (non-hydrogen) atoms. The number of fused-ring (bicyclic) bond motifs is 1. The van der Waals surface area contributed by atoms with Gasteiger partial charge < -0.3 is 4.74 Å². The lowest BCUT2D eigenvalue weighted by Gasteiger charge is -2.11. The van der Waals surface area contributed by atoms with Gasteiger partial charge in [0.25, 0.3) is 0 Å². The van der Waals surface area contributed by atoms with Crippen LogP contribution in [0.3, 0.4) is 0 Å². The summed E-state index contributed by atoms with van der Waals surface area (Å²) in [6.45, 7) is 6.14. The van der Waals surface area contributed by atoms with Gasteiger partial charge in [-0.2, -0.15) is 0 Å². The van der Waals surface area contributed by atoms with Gasteiger partial charge in [0, 0.05) is 5.57 Å². The van der Waals surface area contributed by atoms with E-state index < -0.39 is 0 Å². The van der Waals surface area contributed by atoms with E-state index in [1.165, 1.54) is 10.8 Å². The van der Waals surface area contributed by atoms with Crippen LogP contribution in [0, 0.1) is 0 Å². The van der Waals surface area contributed by atoms with Gasteiger partial charge in [-0.25, -0.2) is 4.79 Å². The van der Waals surface area contributed by atoms with Gasteiger partial charge in [-0.05, 0) is 48.2 Å². The van der Waals surface area contributed by atoms with Gasteiger partial charge in [0.15, 0.2) is 0 Å². The number of carbonyl (C=O) groups excluding carboxylic acids is 1. The molecule has 0 radical (unpaired) electrons. The van der Waals surface area contributed by atoms with Crippen molar-refractivity contribution in [2.75, 3.05) is 6.61 Å². The Balaban J connectivity index is 2.48. The van der Waals surface area contributed by atoms with E-state index in [2.05, 4.69) is 37.3 Å². The largest absolute Gasteiger partial charge is 0.463 e. The molecule has 0 saturated heterocycles. The van der Waals surface area contributed by atoms with Crippen molar-refractivity contribution < 1.29 is 9.53 Å². The molecule has 0 bridgehead atoms. The molecule has 0 atom stereocenters. The number of benzene rings is 2. The van der Waals surface area contributed by atoms with Gasteiger partial charge in [0.05, 0.1) is 6.61 Å². The first kappa shape index (κ1) is 14.3. The smallest absolute Gasteiger partial charge is 0.333 e. The number of rotatable bonds is 4. The van der Waals surface area contributed by atoms with Crippen LogP contribution in [-0.4, -0.2) is 12.6 Å². The maximum Gasteiger partial charge on any atom is 0.333 e. The molecule has 0 amide bonds. The fourth-order valence-electron chi connectivity index (χ4n) is 2.43. The molecule has 2 heteroatoms. The van der Waals surface area contributed by atoms with Crippen molar-refractivity contribution in [1.82, 2.24) is 0 Å². The Morgan fingerprint density at radius 2 is 1.75 bits per heavy atom. The van der Waals surface area contributed by atoms with E-state index in [1.807, 2.05) is 26.0 Å². The molecule has 2 aromatic rings. The second-order valence-corrected chi connectivity index (χ2v) is 4.74. The molecule has 2 nitrogen and oxygen atoms in total. The van der Waals surface area contributed by atoms with Crippen molar-refractivity contribution in [3.8, 4) is 0 Å². The van der Waals surface area contributed by atoms with E-state index in [4.69, 9.17) is 4.74 Å². The first-order chi connectivity index (χ1) is 9.67. The van der Waals surface area contributed by atoms with Crippen LogP contribution in [0.1, 0.15) is 32.8 Å². The summed E-state index contributed by atoms with van der Waals surface area (Å²) in [5, 5.41) is 2.40. The Labute approximate surface area is 120 Å². The number of allylic oxidation sites excluding steroid dienone is 1. The maximum atomic E-state index is 11.9. The summed E-state index contributed by atoms with van der Waals surface area (Å²) in [6.07, 6.45) is 0.809. The Kier molecular flexibility index (Phi) is 4.57. The van der Waals surface area contributed by atoms with Crippen LogP contribution in [0.5, 0.6) is 0 Å². The zero-order chi connectivity index (χ0) is 14.5. The second-order valence-electron chi connectivity index (χ2n) is 4.74. The number of hydrogen-bond acceptors (Lipinski definition) is 2. The van der Waals surface area contributed by atoms with Crippen molar-refractivity contribution >= 4 is 22.3 Å². The zero-order valence-electron chi connectivity index (χ0n) is 12.3. The Hall–Kier alpha value is -2.09. The predicted molar refractivity (Wildman–Crippen MR) is 83.5 cm³/mol. The lowest BCUT2D eigenvalue weighted by atomic mass is 9.96. The zero-order valence-corrected chi connectivity index (χ0v) is 12.3. The molecule has 0 fully saturated rings. The molecular formula is C18H20O2. The fraction of sp³-hybridized carbons (Fsp3) is 0.278. The molecule has 2 rings (SSSR count). The van der Waals surface area contributed by atoms with Crippen LogP contribution in [-0.2, 0) is 9.53 Å². The molecular weight excluding hydrogens is 248 g/mol.